The van der Waals surface area contributed by atoms with Crippen LogP contribution in [0.2, 0.25) is 0 Å². The van der Waals surface area contributed by atoms with Crippen LogP contribution in [-0.2, 0) is 24.3 Å². The van der Waals surface area contributed by atoms with Gasteiger partial charge in [0.1, 0.15) is 24.5 Å². The molecular weight excluding hydrogens is 546 g/mol. The molecule has 0 unspecified atom stereocenters. The van der Waals surface area contributed by atoms with Crippen molar-refractivity contribution in [2.24, 2.45) is 5.73 Å². The van der Waals surface area contributed by atoms with Gasteiger partial charge in [0, 0.05) is 13.1 Å². The number of ether oxygens (including phenoxy) is 2. The molecular formula is C30H43N3O7S. The topological polar surface area (TPSA) is 139 Å². The Bertz CT molecular complexity index is 1340. The summed E-state index contributed by atoms with van der Waals surface area (Å²) in [6.07, 6.45) is 1.32. The molecule has 0 saturated carbocycles. The van der Waals surface area contributed by atoms with E-state index >= 15 is 0 Å². The Balaban J connectivity index is 1.59. The van der Waals surface area contributed by atoms with Crippen LogP contribution in [0.1, 0.15) is 64.5 Å². The summed E-state index contributed by atoms with van der Waals surface area (Å²) in [5, 5.41) is 10.9. The molecule has 1 amide bonds. The SMILES string of the molecule is Cc1cc(C2CCN(S(=O)(=O)C(C)(C)C(N)=O)CC2)ccc1-c1cccc(OCCN(O)CC(=O)OC(C)(C)C)c1. The van der Waals surface area contributed by atoms with E-state index in [9.17, 15) is 23.2 Å². The number of carbonyl (C=O) groups is 2. The van der Waals surface area contributed by atoms with Crippen LogP contribution >= 0.6 is 0 Å². The minimum Gasteiger partial charge on any atom is -0.492 e. The second-order valence-electron chi connectivity index (χ2n) is 12.0. The summed E-state index contributed by atoms with van der Waals surface area (Å²) in [6.45, 7) is 10.8. The van der Waals surface area contributed by atoms with Crippen molar-refractivity contribution in [1.82, 2.24) is 9.37 Å². The molecule has 41 heavy (non-hydrogen) atoms. The number of aryl methyl sites for hydroxylation is 1. The highest BCUT2D eigenvalue weighted by Crippen LogP contribution is 2.35. The second-order valence-corrected chi connectivity index (χ2v) is 14.5. The van der Waals surface area contributed by atoms with E-state index in [-0.39, 0.29) is 25.6 Å². The third-order valence-electron chi connectivity index (χ3n) is 7.25. The Kier molecular flexibility index (Phi) is 10.2. The number of carbonyl (C=O) groups excluding carboxylic acids is 2. The number of hydrogen-bond donors (Lipinski definition) is 2. The van der Waals surface area contributed by atoms with E-state index in [0.29, 0.717) is 31.7 Å². The van der Waals surface area contributed by atoms with Crippen LogP contribution in [0.15, 0.2) is 42.5 Å². The van der Waals surface area contributed by atoms with E-state index in [1.807, 2.05) is 31.2 Å². The molecule has 1 fully saturated rings. The zero-order valence-electron chi connectivity index (χ0n) is 24.8. The Morgan fingerprint density at radius 2 is 1.73 bits per heavy atom. The first-order valence-corrected chi connectivity index (χ1v) is 15.2. The van der Waals surface area contributed by atoms with Crippen molar-refractivity contribution in [3.63, 3.8) is 0 Å². The minimum absolute atomic E-state index is 0.136. The van der Waals surface area contributed by atoms with Crippen molar-refractivity contribution >= 4 is 21.9 Å². The first kappa shape index (κ1) is 32.5. The average Bonchev–Trinajstić information content (AvgIpc) is 2.87. The van der Waals surface area contributed by atoms with Crippen LogP contribution in [0.3, 0.4) is 0 Å². The van der Waals surface area contributed by atoms with Crippen LogP contribution in [0.25, 0.3) is 11.1 Å². The Labute approximate surface area is 243 Å². The van der Waals surface area contributed by atoms with E-state index in [4.69, 9.17) is 15.2 Å². The lowest BCUT2D eigenvalue weighted by molar-refractivity contribution is -0.170. The number of rotatable bonds is 11. The second kappa shape index (κ2) is 12.9. The lowest BCUT2D eigenvalue weighted by Crippen LogP contribution is -2.53. The average molecular weight is 590 g/mol. The summed E-state index contributed by atoms with van der Waals surface area (Å²) < 4.78 is 36.7. The molecule has 1 saturated heterocycles. The molecule has 1 aliphatic rings. The molecule has 3 N–H and O–H groups in total. The molecule has 10 nitrogen and oxygen atoms in total. The maximum absolute atomic E-state index is 12.9. The van der Waals surface area contributed by atoms with E-state index in [1.165, 1.54) is 18.2 Å². The molecule has 2 aromatic rings. The fraction of sp³-hybridized carbons (Fsp3) is 0.533. The number of benzene rings is 2. The predicted molar refractivity (Wildman–Crippen MR) is 157 cm³/mol. The van der Waals surface area contributed by atoms with E-state index in [0.717, 1.165) is 27.3 Å². The first-order chi connectivity index (χ1) is 19.0. The van der Waals surface area contributed by atoms with Gasteiger partial charge >= 0.3 is 5.97 Å². The molecule has 1 heterocycles. The Hall–Kier alpha value is -2.99. The van der Waals surface area contributed by atoms with Gasteiger partial charge in [0.25, 0.3) is 0 Å². The summed E-state index contributed by atoms with van der Waals surface area (Å²) >= 11 is 0. The fourth-order valence-electron chi connectivity index (χ4n) is 4.77. The molecule has 0 spiro atoms. The molecule has 0 bridgehead atoms. The molecule has 1 aliphatic heterocycles. The largest absolute Gasteiger partial charge is 0.492 e. The number of amides is 1. The van der Waals surface area contributed by atoms with Gasteiger partial charge < -0.3 is 20.4 Å². The number of esters is 1. The van der Waals surface area contributed by atoms with E-state index < -0.39 is 32.2 Å². The highest BCUT2D eigenvalue weighted by molar-refractivity contribution is 7.91. The third kappa shape index (κ3) is 8.28. The van der Waals surface area contributed by atoms with Crippen molar-refractivity contribution in [2.45, 2.75) is 70.7 Å². The van der Waals surface area contributed by atoms with Crippen LogP contribution < -0.4 is 10.5 Å². The van der Waals surface area contributed by atoms with Gasteiger partial charge in [-0.05, 0) is 94.7 Å². The predicted octanol–water partition coefficient (Wildman–Crippen LogP) is 3.85. The van der Waals surface area contributed by atoms with Gasteiger partial charge in [0.2, 0.25) is 15.9 Å². The maximum atomic E-state index is 12.9. The number of hydroxylamine groups is 2. The van der Waals surface area contributed by atoms with Crippen molar-refractivity contribution in [1.29, 1.82) is 0 Å². The molecule has 0 atom stereocenters. The highest BCUT2D eigenvalue weighted by atomic mass is 32.2. The van der Waals surface area contributed by atoms with E-state index in [2.05, 4.69) is 18.2 Å². The van der Waals surface area contributed by atoms with Crippen LogP contribution in [-0.4, -0.2) is 78.0 Å². The molecule has 0 aliphatic carbocycles. The van der Waals surface area contributed by atoms with Crippen molar-refractivity contribution in [3.05, 3.63) is 53.6 Å². The number of hydrogen-bond acceptors (Lipinski definition) is 8. The van der Waals surface area contributed by atoms with Gasteiger partial charge in [0.05, 0.1) is 6.54 Å². The van der Waals surface area contributed by atoms with Crippen LogP contribution in [0.4, 0.5) is 0 Å². The minimum atomic E-state index is -3.84. The van der Waals surface area contributed by atoms with Crippen LogP contribution in [0.5, 0.6) is 5.75 Å². The van der Waals surface area contributed by atoms with Crippen molar-refractivity contribution in [3.8, 4) is 16.9 Å². The van der Waals surface area contributed by atoms with Gasteiger partial charge in [-0.3, -0.25) is 9.59 Å². The Morgan fingerprint density at radius 3 is 2.32 bits per heavy atom. The summed E-state index contributed by atoms with van der Waals surface area (Å²) in [6, 6.07) is 14.0. The number of nitrogens with two attached hydrogens (primary N) is 1. The first-order valence-electron chi connectivity index (χ1n) is 13.8. The fourth-order valence-corrected chi connectivity index (χ4v) is 6.36. The van der Waals surface area contributed by atoms with Gasteiger partial charge in [-0.15, -0.1) is 0 Å². The monoisotopic (exact) mass is 589 g/mol. The highest BCUT2D eigenvalue weighted by Gasteiger charge is 2.45. The molecule has 0 radical (unpaired) electrons. The van der Waals surface area contributed by atoms with Gasteiger partial charge in [0.15, 0.2) is 4.75 Å². The lowest BCUT2D eigenvalue weighted by atomic mass is 9.87. The smallest absolute Gasteiger partial charge is 0.323 e. The summed E-state index contributed by atoms with van der Waals surface area (Å²) in [7, 11) is -3.84. The summed E-state index contributed by atoms with van der Waals surface area (Å²) in [4.78, 5) is 23.6. The van der Waals surface area contributed by atoms with Crippen molar-refractivity contribution < 1.29 is 32.7 Å². The van der Waals surface area contributed by atoms with Crippen LogP contribution in [0, 0.1) is 6.92 Å². The number of nitrogens with zero attached hydrogens (tertiary/aromatic N) is 2. The zero-order chi connectivity index (χ0) is 30.6. The standard InChI is InChI=1S/C30H43N3O7S/c1-21-18-23(22-12-14-33(15-13-22)41(37,38)30(5,6)28(31)35)10-11-26(21)24-8-7-9-25(19-24)39-17-16-32(36)20-27(34)40-29(2,3)4/h7-11,18-19,22,36H,12-17,20H2,1-6H3,(H2,31,35). The molecule has 0 aromatic heterocycles. The van der Waals surface area contributed by atoms with Gasteiger partial charge in [-0.25, -0.2) is 12.7 Å². The number of piperidine rings is 1. The third-order valence-corrected chi connectivity index (χ3v) is 9.78. The molecule has 3 rings (SSSR count). The van der Waals surface area contributed by atoms with Gasteiger partial charge in [-0.1, -0.05) is 30.3 Å². The maximum Gasteiger partial charge on any atom is 0.323 e. The lowest BCUT2D eigenvalue weighted by Gasteiger charge is -2.35. The van der Waals surface area contributed by atoms with Gasteiger partial charge in [-0.2, -0.15) is 5.06 Å². The molecule has 226 valence electrons. The van der Waals surface area contributed by atoms with E-state index in [1.54, 1.807) is 20.8 Å². The normalized spacial score (nSPS) is 15.6. The molecule has 2 aromatic carbocycles. The summed E-state index contributed by atoms with van der Waals surface area (Å²) in [5.41, 5.74) is 9.01. The number of sulfonamides is 1. The quantitative estimate of drug-likeness (QED) is 0.298. The molecule has 11 heteroatoms. The van der Waals surface area contributed by atoms with Crippen molar-refractivity contribution in [2.75, 3.05) is 32.8 Å². The zero-order valence-corrected chi connectivity index (χ0v) is 25.7. The number of primary amides is 1. The Morgan fingerprint density at radius 1 is 1.07 bits per heavy atom. The summed E-state index contributed by atoms with van der Waals surface area (Å²) in [5.74, 6) is -0.510.